The second-order valence-corrected chi connectivity index (χ2v) is 4.79. The summed E-state index contributed by atoms with van der Waals surface area (Å²) in [5.74, 6) is 0. The molecule has 0 saturated carbocycles. The molecular weight excluding hydrogens is 162 g/mol. The van der Waals surface area contributed by atoms with Crippen molar-refractivity contribution in [2.24, 2.45) is 0 Å². The molecule has 1 heterocycles. The number of rotatable bonds is 3. The zero-order valence-electron chi connectivity index (χ0n) is 9.43. The first-order valence-corrected chi connectivity index (χ1v) is 5.13. The summed E-state index contributed by atoms with van der Waals surface area (Å²) in [6, 6.07) is 0. The van der Waals surface area contributed by atoms with E-state index in [1.54, 1.807) is 0 Å². The third-order valence-corrected chi connectivity index (χ3v) is 2.68. The summed E-state index contributed by atoms with van der Waals surface area (Å²) in [6.45, 7) is 10.4. The molecular formula is C10H23N3. The van der Waals surface area contributed by atoms with Gasteiger partial charge < -0.3 is 10.2 Å². The molecule has 0 amide bonds. The van der Waals surface area contributed by atoms with E-state index in [1.807, 2.05) is 0 Å². The van der Waals surface area contributed by atoms with Crippen molar-refractivity contribution in [2.45, 2.75) is 19.4 Å². The van der Waals surface area contributed by atoms with Crippen molar-refractivity contribution in [2.75, 3.05) is 46.8 Å². The van der Waals surface area contributed by atoms with Crippen LogP contribution < -0.4 is 5.32 Å². The summed E-state index contributed by atoms with van der Waals surface area (Å²) in [6.07, 6.45) is 0. The Hall–Kier alpha value is -0.120. The van der Waals surface area contributed by atoms with Crippen LogP contribution in [0.3, 0.4) is 0 Å². The lowest BCUT2D eigenvalue weighted by Gasteiger charge is -2.42. The first-order valence-electron chi connectivity index (χ1n) is 5.13. The lowest BCUT2D eigenvalue weighted by atomic mass is 10.0. The summed E-state index contributed by atoms with van der Waals surface area (Å²) in [7, 11) is 4.29. The fourth-order valence-electron chi connectivity index (χ4n) is 2.14. The van der Waals surface area contributed by atoms with Crippen LogP contribution in [-0.4, -0.2) is 62.2 Å². The van der Waals surface area contributed by atoms with Gasteiger partial charge in [0.05, 0.1) is 0 Å². The van der Waals surface area contributed by atoms with E-state index in [9.17, 15) is 0 Å². The summed E-state index contributed by atoms with van der Waals surface area (Å²) < 4.78 is 0. The van der Waals surface area contributed by atoms with E-state index in [2.05, 4.69) is 43.1 Å². The molecule has 3 nitrogen and oxygen atoms in total. The van der Waals surface area contributed by atoms with E-state index in [0.29, 0.717) is 5.54 Å². The van der Waals surface area contributed by atoms with E-state index < -0.39 is 0 Å². The van der Waals surface area contributed by atoms with Crippen LogP contribution in [0.5, 0.6) is 0 Å². The minimum Gasteiger partial charge on any atom is -0.314 e. The molecule has 0 aromatic heterocycles. The van der Waals surface area contributed by atoms with Gasteiger partial charge in [-0.3, -0.25) is 4.90 Å². The van der Waals surface area contributed by atoms with Gasteiger partial charge in [0.2, 0.25) is 0 Å². The fourth-order valence-corrected chi connectivity index (χ4v) is 2.14. The van der Waals surface area contributed by atoms with Crippen molar-refractivity contribution in [3.8, 4) is 0 Å². The maximum absolute atomic E-state index is 3.38. The van der Waals surface area contributed by atoms with E-state index in [4.69, 9.17) is 0 Å². The Labute approximate surface area is 82.1 Å². The molecule has 1 N–H and O–H groups in total. The Morgan fingerprint density at radius 1 is 1.23 bits per heavy atom. The topological polar surface area (TPSA) is 18.5 Å². The van der Waals surface area contributed by atoms with Crippen LogP contribution in [0.25, 0.3) is 0 Å². The van der Waals surface area contributed by atoms with Crippen LogP contribution in [0, 0.1) is 0 Å². The lowest BCUT2D eigenvalue weighted by Crippen LogP contribution is -2.56. The zero-order chi connectivity index (χ0) is 9.90. The maximum Gasteiger partial charge on any atom is 0.0281 e. The van der Waals surface area contributed by atoms with Crippen LogP contribution in [0.2, 0.25) is 0 Å². The van der Waals surface area contributed by atoms with Gasteiger partial charge in [-0.25, -0.2) is 0 Å². The number of piperazine rings is 1. The molecule has 1 rings (SSSR count). The van der Waals surface area contributed by atoms with Crippen LogP contribution in [0.4, 0.5) is 0 Å². The Morgan fingerprint density at radius 2 is 1.77 bits per heavy atom. The average Bonchev–Trinajstić information content (AvgIpc) is 2.04. The largest absolute Gasteiger partial charge is 0.314 e. The lowest BCUT2D eigenvalue weighted by molar-refractivity contribution is 0.0783. The molecule has 1 aliphatic rings. The Balaban J connectivity index is 2.45. The molecule has 0 spiro atoms. The first-order chi connectivity index (χ1) is 6.02. The predicted octanol–water partition coefficient (Wildman–Crippen LogP) is 0.232. The van der Waals surface area contributed by atoms with Gasteiger partial charge in [-0.05, 0) is 27.9 Å². The third kappa shape index (κ3) is 3.25. The van der Waals surface area contributed by atoms with Gasteiger partial charge in [-0.2, -0.15) is 0 Å². The van der Waals surface area contributed by atoms with E-state index in [-0.39, 0.29) is 0 Å². The second-order valence-electron chi connectivity index (χ2n) is 4.79. The van der Waals surface area contributed by atoms with E-state index in [1.165, 1.54) is 13.1 Å². The van der Waals surface area contributed by atoms with Crippen LogP contribution in [0.1, 0.15) is 13.8 Å². The van der Waals surface area contributed by atoms with Crippen molar-refractivity contribution in [1.82, 2.24) is 15.1 Å². The quantitative estimate of drug-likeness (QED) is 0.679. The number of nitrogens with one attached hydrogen (secondary N) is 1. The van der Waals surface area contributed by atoms with Gasteiger partial charge in [0.1, 0.15) is 0 Å². The highest BCUT2D eigenvalue weighted by Gasteiger charge is 2.27. The standard InChI is InChI=1S/C10H23N3/c1-10(2,9-12(3)4)13-7-5-11-6-8-13/h11H,5-9H2,1-4H3. The molecule has 3 heteroatoms. The molecule has 0 aromatic rings. The van der Waals surface area contributed by atoms with Gasteiger partial charge in [-0.1, -0.05) is 0 Å². The highest BCUT2D eigenvalue weighted by molar-refractivity contribution is 4.86. The van der Waals surface area contributed by atoms with Crippen LogP contribution in [-0.2, 0) is 0 Å². The minimum atomic E-state index is 0.311. The Morgan fingerprint density at radius 3 is 2.23 bits per heavy atom. The third-order valence-electron chi connectivity index (χ3n) is 2.68. The van der Waals surface area contributed by atoms with Crippen molar-refractivity contribution >= 4 is 0 Å². The van der Waals surface area contributed by atoms with Gasteiger partial charge in [0.25, 0.3) is 0 Å². The molecule has 78 valence electrons. The molecule has 0 aromatic carbocycles. The smallest absolute Gasteiger partial charge is 0.0281 e. The normalized spacial score (nSPS) is 21.0. The summed E-state index contributed by atoms with van der Waals surface area (Å²) >= 11 is 0. The highest BCUT2D eigenvalue weighted by Crippen LogP contribution is 2.15. The molecule has 1 saturated heterocycles. The molecule has 1 fully saturated rings. The molecule has 1 aliphatic heterocycles. The van der Waals surface area contributed by atoms with Gasteiger partial charge >= 0.3 is 0 Å². The Kier molecular flexibility index (Phi) is 3.71. The number of hydrogen-bond donors (Lipinski definition) is 1. The second kappa shape index (κ2) is 4.40. The van der Waals surface area contributed by atoms with Gasteiger partial charge in [0, 0.05) is 38.3 Å². The Bertz CT molecular complexity index is 148. The predicted molar refractivity (Wildman–Crippen MR) is 57.1 cm³/mol. The van der Waals surface area contributed by atoms with Crippen LogP contribution >= 0.6 is 0 Å². The van der Waals surface area contributed by atoms with Crippen LogP contribution in [0.15, 0.2) is 0 Å². The first kappa shape index (κ1) is 11.0. The molecule has 0 unspecified atom stereocenters. The summed E-state index contributed by atoms with van der Waals surface area (Å²) in [4.78, 5) is 4.84. The average molecular weight is 185 g/mol. The van der Waals surface area contributed by atoms with Gasteiger partial charge in [0.15, 0.2) is 0 Å². The molecule has 13 heavy (non-hydrogen) atoms. The molecule has 0 radical (unpaired) electrons. The summed E-state index contributed by atoms with van der Waals surface area (Å²) in [5.41, 5.74) is 0.311. The highest BCUT2D eigenvalue weighted by atomic mass is 15.3. The number of hydrogen-bond acceptors (Lipinski definition) is 3. The minimum absolute atomic E-state index is 0.311. The molecule has 0 atom stereocenters. The van der Waals surface area contributed by atoms with E-state index in [0.717, 1.165) is 19.6 Å². The molecule has 0 bridgehead atoms. The van der Waals surface area contributed by atoms with Crippen molar-refractivity contribution in [1.29, 1.82) is 0 Å². The molecule has 0 aliphatic carbocycles. The zero-order valence-corrected chi connectivity index (χ0v) is 9.43. The van der Waals surface area contributed by atoms with Crippen molar-refractivity contribution in [3.63, 3.8) is 0 Å². The number of nitrogens with zero attached hydrogens (tertiary/aromatic N) is 2. The summed E-state index contributed by atoms with van der Waals surface area (Å²) in [5, 5.41) is 3.38. The fraction of sp³-hybridized carbons (Fsp3) is 1.00. The van der Waals surface area contributed by atoms with Crippen molar-refractivity contribution < 1.29 is 0 Å². The maximum atomic E-state index is 3.38. The number of likely N-dealkylation sites (N-methyl/N-ethyl adjacent to an activating group) is 1. The monoisotopic (exact) mass is 185 g/mol. The van der Waals surface area contributed by atoms with Gasteiger partial charge in [-0.15, -0.1) is 0 Å². The van der Waals surface area contributed by atoms with Crippen molar-refractivity contribution in [3.05, 3.63) is 0 Å². The SMILES string of the molecule is CN(C)CC(C)(C)N1CCNCC1. The van der Waals surface area contributed by atoms with E-state index >= 15 is 0 Å².